The molecule has 0 aliphatic rings. The third kappa shape index (κ3) is 4.62. The van der Waals surface area contributed by atoms with Crippen molar-refractivity contribution in [1.82, 2.24) is 14.7 Å². The van der Waals surface area contributed by atoms with Crippen LogP contribution in [-0.4, -0.2) is 15.3 Å². The van der Waals surface area contributed by atoms with Crippen molar-refractivity contribution in [2.24, 2.45) is 0 Å². The number of hydrogen-bond donors (Lipinski definition) is 1. The molecule has 162 valence electrons. The molecule has 0 aliphatic carbocycles. The SMILES string of the molecule is CCCC(NC(=O)c1ccc(C)cc1)c1nc2ccccn2c(=O)c1Cc1ccccc1. The van der Waals surface area contributed by atoms with E-state index in [0.717, 1.165) is 17.5 Å². The summed E-state index contributed by atoms with van der Waals surface area (Å²) in [5.41, 5.74) is 4.47. The molecule has 1 unspecified atom stereocenters. The predicted octanol–water partition coefficient (Wildman–Crippen LogP) is 4.86. The Kier molecular flexibility index (Phi) is 6.45. The average Bonchev–Trinajstić information content (AvgIpc) is 2.81. The van der Waals surface area contributed by atoms with Gasteiger partial charge < -0.3 is 5.32 Å². The molecule has 2 aromatic heterocycles. The summed E-state index contributed by atoms with van der Waals surface area (Å²) in [7, 11) is 0. The van der Waals surface area contributed by atoms with Gasteiger partial charge in [-0.15, -0.1) is 0 Å². The quantitative estimate of drug-likeness (QED) is 0.460. The van der Waals surface area contributed by atoms with Crippen LogP contribution in [0, 0.1) is 6.92 Å². The first-order chi connectivity index (χ1) is 15.6. The van der Waals surface area contributed by atoms with E-state index >= 15 is 0 Å². The Morgan fingerprint density at radius 1 is 1.00 bits per heavy atom. The van der Waals surface area contributed by atoms with Crippen molar-refractivity contribution in [2.45, 2.75) is 39.2 Å². The molecule has 1 atom stereocenters. The molecule has 32 heavy (non-hydrogen) atoms. The van der Waals surface area contributed by atoms with Gasteiger partial charge in [-0.25, -0.2) is 4.98 Å². The lowest BCUT2D eigenvalue weighted by atomic mass is 9.98. The predicted molar refractivity (Wildman–Crippen MR) is 127 cm³/mol. The highest BCUT2D eigenvalue weighted by Crippen LogP contribution is 2.22. The van der Waals surface area contributed by atoms with Crippen molar-refractivity contribution in [3.63, 3.8) is 0 Å². The average molecular weight is 426 g/mol. The van der Waals surface area contributed by atoms with Crippen LogP contribution in [-0.2, 0) is 6.42 Å². The maximum Gasteiger partial charge on any atom is 0.261 e. The van der Waals surface area contributed by atoms with Gasteiger partial charge in [0.15, 0.2) is 0 Å². The summed E-state index contributed by atoms with van der Waals surface area (Å²) in [5.74, 6) is -0.163. The second kappa shape index (κ2) is 9.60. The van der Waals surface area contributed by atoms with Crippen LogP contribution in [0.15, 0.2) is 83.8 Å². The lowest BCUT2D eigenvalue weighted by Gasteiger charge is -2.21. The molecule has 0 fully saturated rings. The fourth-order valence-electron chi connectivity index (χ4n) is 3.91. The Labute approximate surface area is 187 Å². The second-order valence-electron chi connectivity index (χ2n) is 8.05. The van der Waals surface area contributed by atoms with Gasteiger partial charge in [-0.05, 0) is 43.2 Å². The minimum Gasteiger partial charge on any atom is -0.344 e. The number of amides is 1. The summed E-state index contributed by atoms with van der Waals surface area (Å²) in [5, 5.41) is 3.14. The molecule has 1 amide bonds. The fourth-order valence-corrected chi connectivity index (χ4v) is 3.91. The smallest absolute Gasteiger partial charge is 0.261 e. The van der Waals surface area contributed by atoms with Crippen molar-refractivity contribution in [2.75, 3.05) is 0 Å². The van der Waals surface area contributed by atoms with Crippen LogP contribution in [0.2, 0.25) is 0 Å². The zero-order valence-corrected chi connectivity index (χ0v) is 18.4. The molecular formula is C27H27N3O2. The monoisotopic (exact) mass is 425 g/mol. The third-order valence-corrected chi connectivity index (χ3v) is 5.61. The van der Waals surface area contributed by atoms with Gasteiger partial charge >= 0.3 is 0 Å². The molecule has 1 N–H and O–H groups in total. The van der Waals surface area contributed by atoms with Crippen LogP contribution in [0.5, 0.6) is 0 Å². The molecule has 0 saturated carbocycles. The summed E-state index contributed by atoms with van der Waals surface area (Å²) < 4.78 is 1.58. The maximum absolute atomic E-state index is 13.5. The van der Waals surface area contributed by atoms with Crippen molar-refractivity contribution in [3.05, 3.63) is 117 Å². The van der Waals surface area contributed by atoms with E-state index in [1.54, 1.807) is 10.6 Å². The zero-order chi connectivity index (χ0) is 22.5. The van der Waals surface area contributed by atoms with Crippen LogP contribution in [0.1, 0.15) is 58.5 Å². The Bertz CT molecular complexity index is 1280. The second-order valence-corrected chi connectivity index (χ2v) is 8.05. The maximum atomic E-state index is 13.5. The molecule has 2 heterocycles. The van der Waals surface area contributed by atoms with E-state index in [1.807, 2.05) is 79.7 Å². The van der Waals surface area contributed by atoms with Gasteiger partial charge in [0.25, 0.3) is 11.5 Å². The number of carbonyl (C=O) groups is 1. The van der Waals surface area contributed by atoms with Crippen molar-refractivity contribution in [3.8, 4) is 0 Å². The standard InChI is InChI=1S/C27H27N3O2/c1-3-9-23(28-26(31)21-15-13-19(2)14-16-21)25-22(18-20-10-5-4-6-11-20)27(32)30-17-8-7-12-24(30)29-25/h4-8,10-17,23H,3,9,18H2,1-2H3,(H,28,31). The highest BCUT2D eigenvalue weighted by molar-refractivity contribution is 5.94. The molecule has 5 nitrogen and oxygen atoms in total. The highest BCUT2D eigenvalue weighted by atomic mass is 16.1. The van der Waals surface area contributed by atoms with Gasteiger partial charge in [-0.2, -0.15) is 0 Å². The fraction of sp³-hybridized carbons (Fsp3) is 0.222. The van der Waals surface area contributed by atoms with Gasteiger partial charge in [-0.1, -0.05) is 67.4 Å². The molecule has 0 radical (unpaired) electrons. The van der Waals surface area contributed by atoms with Crippen LogP contribution in [0.3, 0.4) is 0 Å². The van der Waals surface area contributed by atoms with E-state index in [-0.39, 0.29) is 17.5 Å². The minimum absolute atomic E-state index is 0.0971. The van der Waals surface area contributed by atoms with Crippen LogP contribution in [0.4, 0.5) is 0 Å². The Hall–Kier alpha value is -3.73. The van der Waals surface area contributed by atoms with E-state index in [2.05, 4.69) is 12.2 Å². The minimum atomic E-state index is -0.356. The van der Waals surface area contributed by atoms with E-state index in [1.165, 1.54) is 0 Å². The van der Waals surface area contributed by atoms with E-state index in [9.17, 15) is 9.59 Å². The number of hydrogen-bond acceptors (Lipinski definition) is 3. The number of aryl methyl sites for hydroxylation is 1. The van der Waals surface area contributed by atoms with Gasteiger partial charge in [0.1, 0.15) is 5.65 Å². The number of benzene rings is 2. The van der Waals surface area contributed by atoms with E-state index < -0.39 is 0 Å². The number of pyridine rings is 1. The number of carbonyl (C=O) groups excluding carboxylic acids is 1. The number of fused-ring (bicyclic) bond motifs is 1. The lowest BCUT2D eigenvalue weighted by Crippen LogP contribution is -2.33. The van der Waals surface area contributed by atoms with E-state index in [4.69, 9.17) is 4.98 Å². The number of aromatic nitrogens is 2. The molecule has 0 spiro atoms. The number of nitrogens with one attached hydrogen (secondary N) is 1. The first kappa shape index (κ1) is 21.5. The normalized spacial score (nSPS) is 11.9. The Morgan fingerprint density at radius 3 is 2.44 bits per heavy atom. The third-order valence-electron chi connectivity index (χ3n) is 5.61. The van der Waals surface area contributed by atoms with Gasteiger partial charge in [0, 0.05) is 23.7 Å². The highest BCUT2D eigenvalue weighted by Gasteiger charge is 2.23. The summed E-state index contributed by atoms with van der Waals surface area (Å²) >= 11 is 0. The molecular weight excluding hydrogens is 398 g/mol. The van der Waals surface area contributed by atoms with E-state index in [0.29, 0.717) is 35.3 Å². The molecule has 5 heteroatoms. The molecule has 4 rings (SSSR count). The molecule has 2 aromatic carbocycles. The largest absolute Gasteiger partial charge is 0.344 e. The number of rotatable bonds is 7. The van der Waals surface area contributed by atoms with Crippen LogP contribution < -0.4 is 10.9 Å². The molecule has 4 aromatic rings. The Balaban J connectivity index is 1.79. The van der Waals surface area contributed by atoms with Crippen LogP contribution >= 0.6 is 0 Å². The lowest BCUT2D eigenvalue weighted by molar-refractivity contribution is 0.0933. The van der Waals surface area contributed by atoms with Gasteiger partial charge in [0.2, 0.25) is 0 Å². The van der Waals surface area contributed by atoms with Gasteiger partial charge in [-0.3, -0.25) is 14.0 Å². The summed E-state index contributed by atoms with van der Waals surface area (Å²) in [4.78, 5) is 31.3. The van der Waals surface area contributed by atoms with Crippen molar-refractivity contribution >= 4 is 11.6 Å². The number of nitrogens with zero attached hydrogens (tertiary/aromatic N) is 2. The van der Waals surface area contributed by atoms with Crippen LogP contribution in [0.25, 0.3) is 5.65 Å². The zero-order valence-electron chi connectivity index (χ0n) is 18.4. The summed E-state index contributed by atoms with van der Waals surface area (Å²) in [6.07, 6.45) is 3.73. The Morgan fingerprint density at radius 2 is 1.72 bits per heavy atom. The molecule has 0 aliphatic heterocycles. The van der Waals surface area contributed by atoms with Crippen molar-refractivity contribution in [1.29, 1.82) is 0 Å². The molecule has 0 bridgehead atoms. The summed E-state index contributed by atoms with van der Waals surface area (Å²) in [6.45, 7) is 4.06. The molecule has 0 saturated heterocycles. The summed E-state index contributed by atoms with van der Waals surface area (Å²) in [6, 6.07) is 22.5. The first-order valence-corrected chi connectivity index (χ1v) is 11.0. The topological polar surface area (TPSA) is 63.5 Å². The first-order valence-electron chi connectivity index (χ1n) is 11.0. The van der Waals surface area contributed by atoms with Gasteiger partial charge in [0.05, 0.1) is 11.7 Å². The van der Waals surface area contributed by atoms with Crippen molar-refractivity contribution < 1.29 is 4.79 Å².